The quantitative estimate of drug-likeness (QED) is 0.573. The smallest absolute Gasteiger partial charge is 0.198 e. The van der Waals surface area contributed by atoms with Crippen LogP contribution in [-0.4, -0.2) is 0 Å². The molecule has 0 radical (unpaired) electrons. The van der Waals surface area contributed by atoms with Gasteiger partial charge < -0.3 is 0 Å². The topological polar surface area (TPSA) is 95.2 Å². The van der Waals surface area contributed by atoms with Gasteiger partial charge in [-0.1, -0.05) is 0 Å². The third-order valence-corrected chi connectivity index (χ3v) is 1.18. The Morgan fingerprint density at radius 1 is 0.909 bits per heavy atom. The molecular weight excluding hydrogens is 140 g/mol. The van der Waals surface area contributed by atoms with E-state index in [-0.39, 0.29) is 12.8 Å². The van der Waals surface area contributed by atoms with E-state index in [1.807, 2.05) is 0 Å². The summed E-state index contributed by atoms with van der Waals surface area (Å²) < 4.78 is 0. The van der Waals surface area contributed by atoms with Gasteiger partial charge in [0.15, 0.2) is 0 Å². The lowest BCUT2D eigenvalue weighted by Crippen LogP contribution is -2.12. The van der Waals surface area contributed by atoms with Gasteiger partial charge in [-0.05, 0) is 0 Å². The molecule has 0 bridgehead atoms. The lowest BCUT2D eigenvalue weighted by Gasteiger charge is -2.03. The fraction of sp³-hybridized carbons (Fsp3) is 0.429. The average Bonchev–Trinajstić information content (AvgIpc) is 2.08. The van der Waals surface area contributed by atoms with Crippen molar-refractivity contribution in [2.75, 3.05) is 0 Å². The third-order valence-electron chi connectivity index (χ3n) is 1.18. The highest BCUT2D eigenvalue weighted by Crippen LogP contribution is 2.19. The summed E-state index contributed by atoms with van der Waals surface area (Å²) in [5.41, 5.74) is -1.63. The van der Waals surface area contributed by atoms with Gasteiger partial charge in [0.1, 0.15) is 18.2 Å². The van der Waals surface area contributed by atoms with Crippen LogP contribution in [0.25, 0.3) is 0 Å². The minimum absolute atomic E-state index is 0.00694. The minimum atomic E-state index is -1.63. The summed E-state index contributed by atoms with van der Waals surface area (Å²) in [4.78, 5) is 0. The van der Waals surface area contributed by atoms with Gasteiger partial charge in [0.05, 0.1) is 6.07 Å². The molecule has 0 saturated heterocycles. The molecule has 0 fully saturated rings. The third kappa shape index (κ3) is 1.98. The molecule has 0 unspecified atom stereocenters. The van der Waals surface area contributed by atoms with Gasteiger partial charge in [-0.25, -0.2) is 0 Å². The Labute approximate surface area is 64.5 Å². The molecule has 4 heteroatoms. The highest BCUT2D eigenvalue weighted by atomic mass is 14.4. The van der Waals surface area contributed by atoms with Gasteiger partial charge in [0.2, 0.25) is 5.41 Å². The molecular formula is C7H4N4. The van der Waals surface area contributed by atoms with Crippen LogP contribution in [0.2, 0.25) is 0 Å². The van der Waals surface area contributed by atoms with Gasteiger partial charge in [0, 0.05) is 12.8 Å². The van der Waals surface area contributed by atoms with Gasteiger partial charge >= 0.3 is 0 Å². The van der Waals surface area contributed by atoms with Crippen LogP contribution in [0.3, 0.4) is 0 Å². The Hall–Kier alpha value is -2.04. The first-order valence-corrected chi connectivity index (χ1v) is 2.85. The van der Waals surface area contributed by atoms with Crippen LogP contribution in [0, 0.1) is 50.7 Å². The van der Waals surface area contributed by atoms with Crippen LogP contribution in [0.5, 0.6) is 0 Å². The van der Waals surface area contributed by atoms with Crippen molar-refractivity contribution < 1.29 is 0 Å². The molecule has 0 saturated carbocycles. The maximum absolute atomic E-state index is 8.40. The first kappa shape index (κ1) is 8.96. The Bertz CT molecular complexity index is 254. The first-order chi connectivity index (χ1) is 5.24. The minimum Gasteiger partial charge on any atom is -0.198 e. The fourth-order valence-electron chi connectivity index (χ4n) is 0.486. The Balaban J connectivity index is 4.44. The van der Waals surface area contributed by atoms with Crippen LogP contribution in [0.4, 0.5) is 0 Å². The van der Waals surface area contributed by atoms with E-state index in [0.717, 1.165) is 0 Å². The molecule has 0 aromatic rings. The molecule has 0 heterocycles. The predicted molar refractivity (Wildman–Crippen MR) is 34.1 cm³/mol. The molecule has 0 spiro atoms. The maximum atomic E-state index is 8.40. The standard InChI is InChI=1S/C7H4N4/c8-3-1-2-7(4-9,5-10)6-11/h1-2H2. The van der Waals surface area contributed by atoms with Crippen molar-refractivity contribution in [2.45, 2.75) is 12.8 Å². The zero-order chi connectivity index (χ0) is 8.74. The van der Waals surface area contributed by atoms with Gasteiger partial charge in [-0.15, -0.1) is 0 Å². The van der Waals surface area contributed by atoms with Crippen molar-refractivity contribution in [2.24, 2.45) is 5.41 Å². The van der Waals surface area contributed by atoms with Crippen molar-refractivity contribution in [3.8, 4) is 24.3 Å². The average molecular weight is 144 g/mol. The second kappa shape index (κ2) is 3.89. The molecule has 52 valence electrons. The largest absolute Gasteiger partial charge is 0.229 e. The molecule has 0 aromatic carbocycles. The highest BCUT2D eigenvalue weighted by Gasteiger charge is 2.28. The molecule has 0 rings (SSSR count). The van der Waals surface area contributed by atoms with Crippen molar-refractivity contribution >= 4 is 0 Å². The van der Waals surface area contributed by atoms with Gasteiger partial charge in [0.25, 0.3) is 0 Å². The number of hydrogen-bond acceptors (Lipinski definition) is 4. The summed E-state index contributed by atoms with van der Waals surface area (Å²) >= 11 is 0. The number of hydrogen-bond donors (Lipinski definition) is 0. The van der Waals surface area contributed by atoms with Crippen molar-refractivity contribution in [1.29, 1.82) is 21.0 Å². The predicted octanol–water partition coefficient (Wildman–Crippen LogP) is 0.847. The normalized spacial score (nSPS) is 8.36. The van der Waals surface area contributed by atoms with E-state index in [9.17, 15) is 0 Å². The van der Waals surface area contributed by atoms with Crippen molar-refractivity contribution in [3.05, 3.63) is 0 Å². The van der Waals surface area contributed by atoms with Crippen LogP contribution < -0.4 is 0 Å². The van der Waals surface area contributed by atoms with E-state index in [1.165, 1.54) is 0 Å². The van der Waals surface area contributed by atoms with E-state index in [4.69, 9.17) is 21.0 Å². The molecule has 0 aliphatic carbocycles. The van der Waals surface area contributed by atoms with Crippen LogP contribution >= 0.6 is 0 Å². The summed E-state index contributed by atoms with van der Waals surface area (Å²) in [5, 5.41) is 33.3. The van der Waals surface area contributed by atoms with Crippen LogP contribution in [0.15, 0.2) is 0 Å². The molecule has 0 atom stereocenters. The summed E-state index contributed by atoms with van der Waals surface area (Å²) in [7, 11) is 0. The maximum Gasteiger partial charge on any atom is 0.229 e. The monoisotopic (exact) mass is 144 g/mol. The van der Waals surface area contributed by atoms with Crippen LogP contribution in [0.1, 0.15) is 12.8 Å². The van der Waals surface area contributed by atoms with E-state index in [0.29, 0.717) is 0 Å². The SMILES string of the molecule is N#CCCC(C#N)(C#N)C#N. The molecule has 0 aromatic heterocycles. The van der Waals surface area contributed by atoms with Gasteiger partial charge in [-0.2, -0.15) is 21.0 Å². The van der Waals surface area contributed by atoms with Crippen molar-refractivity contribution in [1.82, 2.24) is 0 Å². The molecule has 0 aliphatic rings. The molecule has 11 heavy (non-hydrogen) atoms. The fourth-order valence-corrected chi connectivity index (χ4v) is 0.486. The highest BCUT2D eigenvalue weighted by molar-refractivity contribution is 5.25. The molecule has 0 aliphatic heterocycles. The van der Waals surface area contributed by atoms with E-state index >= 15 is 0 Å². The summed E-state index contributed by atoms with van der Waals surface area (Å²) in [6.07, 6.45) is 0.0433. The number of nitrogens with zero attached hydrogens (tertiary/aromatic N) is 4. The van der Waals surface area contributed by atoms with E-state index in [2.05, 4.69) is 0 Å². The van der Waals surface area contributed by atoms with Crippen LogP contribution in [-0.2, 0) is 0 Å². The summed E-state index contributed by atoms with van der Waals surface area (Å²) in [6, 6.07) is 6.50. The lowest BCUT2D eigenvalue weighted by molar-refractivity contribution is 0.618. The second-order valence-electron chi connectivity index (χ2n) is 1.90. The zero-order valence-corrected chi connectivity index (χ0v) is 5.70. The summed E-state index contributed by atoms with van der Waals surface area (Å²) in [6.45, 7) is 0. The molecule has 0 amide bonds. The first-order valence-electron chi connectivity index (χ1n) is 2.85. The Kier molecular flexibility index (Phi) is 3.17. The molecule has 4 nitrogen and oxygen atoms in total. The lowest BCUT2D eigenvalue weighted by atomic mass is 9.89. The Morgan fingerprint density at radius 2 is 1.36 bits per heavy atom. The van der Waals surface area contributed by atoms with Crippen molar-refractivity contribution in [3.63, 3.8) is 0 Å². The molecule has 0 N–H and O–H groups in total. The Morgan fingerprint density at radius 3 is 1.64 bits per heavy atom. The number of nitriles is 4. The van der Waals surface area contributed by atoms with E-state index in [1.54, 1.807) is 24.3 Å². The van der Waals surface area contributed by atoms with Gasteiger partial charge in [-0.3, -0.25) is 0 Å². The number of rotatable bonds is 2. The summed E-state index contributed by atoms with van der Waals surface area (Å²) in [5.74, 6) is 0. The van der Waals surface area contributed by atoms with E-state index < -0.39 is 5.41 Å². The second-order valence-corrected chi connectivity index (χ2v) is 1.90. The zero-order valence-electron chi connectivity index (χ0n) is 5.70.